The van der Waals surface area contributed by atoms with Crippen LogP contribution in [0.2, 0.25) is 0 Å². The Hall–Kier alpha value is -3.89. The van der Waals surface area contributed by atoms with E-state index in [1.54, 1.807) is 12.1 Å². The number of benzene rings is 3. The fraction of sp³-hybridized carbons (Fsp3) is 0.115. The molecular weight excluding hydrogens is 500 g/mol. The van der Waals surface area contributed by atoms with Gasteiger partial charge in [0.1, 0.15) is 10.6 Å². The maximum atomic E-state index is 12.9. The first-order valence-corrected chi connectivity index (χ1v) is 13.1. The lowest BCUT2D eigenvalue weighted by atomic mass is 10.1. The van der Waals surface area contributed by atoms with E-state index in [1.165, 1.54) is 54.3 Å². The Balaban J connectivity index is 1.49. The van der Waals surface area contributed by atoms with Crippen LogP contribution < -0.4 is 9.50 Å². The number of thioether (sulfide) groups is 1. The lowest BCUT2D eigenvalue weighted by Crippen LogP contribution is -2.27. The van der Waals surface area contributed by atoms with Gasteiger partial charge in [-0.25, -0.2) is 0 Å². The third kappa shape index (κ3) is 6.02. The summed E-state index contributed by atoms with van der Waals surface area (Å²) in [4.78, 5) is 37.8. The Kier molecular flexibility index (Phi) is 7.27. The van der Waals surface area contributed by atoms with E-state index in [1.807, 2.05) is 31.2 Å². The highest BCUT2D eigenvalue weighted by atomic mass is 32.2. The molecule has 3 aromatic rings. The molecule has 184 valence electrons. The van der Waals surface area contributed by atoms with Gasteiger partial charge < -0.3 is 9.50 Å². The zero-order chi connectivity index (χ0) is 25.9. The highest BCUT2D eigenvalue weighted by molar-refractivity contribution is 8.18. The number of nitrogens with zero attached hydrogens (tertiary/aromatic N) is 1. The molecule has 1 aliphatic rings. The van der Waals surface area contributed by atoms with Crippen LogP contribution in [0.5, 0.6) is 5.75 Å². The van der Waals surface area contributed by atoms with Crippen LogP contribution in [0.3, 0.4) is 0 Å². The van der Waals surface area contributed by atoms with Crippen LogP contribution in [0.4, 0.5) is 10.5 Å². The summed E-state index contributed by atoms with van der Waals surface area (Å²) in [6.45, 7) is 3.46. The smallest absolute Gasteiger partial charge is 0.339 e. The summed E-state index contributed by atoms with van der Waals surface area (Å²) < 4.78 is 30.6. The Morgan fingerprint density at radius 1 is 1.03 bits per heavy atom. The number of carbonyl (C=O) groups excluding carboxylic acids is 3. The minimum atomic E-state index is -4.14. The monoisotopic (exact) mass is 522 g/mol. The van der Waals surface area contributed by atoms with E-state index in [0.717, 1.165) is 22.9 Å². The number of imide groups is 1. The van der Waals surface area contributed by atoms with Gasteiger partial charge in [0.25, 0.3) is 11.1 Å². The molecule has 0 spiro atoms. The van der Waals surface area contributed by atoms with Gasteiger partial charge in [-0.15, -0.1) is 0 Å². The summed E-state index contributed by atoms with van der Waals surface area (Å²) >= 11 is 0.831. The third-order valence-electron chi connectivity index (χ3n) is 5.12. The Morgan fingerprint density at radius 2 is 1.75 bits per heavy atom. The summed E-state index contributed by atoms with van der Waals surface area (Å²) in [5, 5.41) is 2.19. The molecule has 1 aliphatic heterocycles. The summed E-state index contributed by atoms with van der Waals surface area (Å²) in [6, 6.07) is 19.4. The summed E-state index contributed by atoms with van der Waals surface area (Å²) in [5.41, 5.74) is 2.85. The molecule has 0 atom stereocenters. The first kappa shape index (κ1) is 25.2. The predicted octanol–water partition coefficient (Wildman–Crippen LogP) is 4.96. The van der Waals surface area contributed by atoms with Crippen LogP contribution in [0.15, 0.2) is 82.6 Å². The number of anilines is 1. The molecule has 0 bridgehead atoms. The number of aryl methyl sites for hydroxylation is 1. The lowest BCUT2D eigenvalue weighted by Gasteiger charge is -2.12. The largest absolute Gasteiger partial charge is 0.379 e. The second-order valence-corrected chi connectivity index (χ2v) is 10.6. The van der Waals surface area contributed by atoms with Crippen molar-refractivity contribution in [2.24, 2.45) is 0 Å². The molecule has 36 heavy (non-hydrogen) atoms. The van der Waals surface area contributed by atoms with Crippen molar-refractivity contribution in [3.05, 3.63) is 94.4 Å². The summed E-state index contributed by atoms with van der Waals surface area (Å²) in [5.74, 6) is -0.634. The Morgan fingerprint density at radius 3 is 2.44 bits per heavy atom. The van der Waals surface area contributed by atoms with E-state index >= 15 is 0 Å². The Labute approximate surface area is 213 Å². The fourth-order valence-corrected chi connectivity index (χ4v) is 5.28. The zero-order valence-corrected chi connectivity index (χ0v) is 21.1. The topological polar surface area (TPSA) is 110 Å². The van der Waals surface area contributed by atoms with E-state index < -0.39 is 16.0 Å². The average Bonchev–Trinajstić information content (AvgIpc) is 3.06. The normalized spacial score (nSPS) is 14.8. The van der Waals surface area contributed by atoms with Crippen LogP contribution in [0.25, 0.3) is 6.08 Å². The van der Waals surface area contributed by atoms with Crippen molar-refractivity contribution in [3.63, 3.8) is 0 Å². The minimum absolute atomic E-state index is 0.0497. The van der Waals surface area contributed by atoms with Crippen LogP contribution >= 0.6 is 11.8 Å². The third-order valence-corrected chi connectivity index (χ3v) is 7.29. The minimum Gasteiger partial charge on any atom is -0.379 e. The highest BCUT2D eigenvalue weighted by Crippen LogP contribution is 2.34. The van der Waals surface area contributed by atoms with Crippen molar-refractivity contribution in [1.82, 2.24) is 4.90 Å². The first-order chi connectivity index (χ1) is 17.1. The van der Waals surface area contributed by atoms with Gasteiger partial charge in [-0.1, -0.05) is 42.0 Å². The van der Waals surface area contributed by atoms with Gasteiger partial charge in [0.2, 0.25) is 5.91 Å². The van der Waals surface area contributed by atoms with Crippen LogP contribution in [0, 0.1) is 6.92 Å². The maximum absolute atomic E-state index is 12.9. The zero-order valence-electron chi connectivity index (χ0n) is 19.4. The molecule has 4 rings (SSSR count). The molecule has 1 fully saturated rings. The van der Waals surface area contributed by atoms with E-state index in [0.29, 0.717) is 11.3 Å². The molecule has 1 saturated heterocycles. The molecular formula is C26H22N2O6S2. The molecule has 1 N–H and O–H groups in total. The number of amides is 3. The van der Waals surface area contributed by atoms with Crippen molar-refractivity contribution in [2.75, 3.05) is 5.32 Å². The number of nitrogens with one attached hydrogen (secondary N) is 1. The van der Waals surface area contributed by atoms with Crippen molar-refractivity contribution in [3.8, 4) is 5.75 Å². The van der Waals surface area contributed by atoms with Crippen LogP contribution in [-0.4, -0.2) is 30.4 Å². The lowest BCUT2D eigenvalue weighted by molar-refractivity contribution is -0.123. The molecule has 8 nitrogen and oxygen atoms in total. The van der Waals surface area contributed by atoms with Gasteiger partial charge in [-0.05, 0) is 72.3 Å². The highest BCUT2D eigenvalue weighted by Gasteiger charge is 2.35. The van der Waals surface area contributed by atoms with Gasteiger partial charge in [-0.3, -0.25) is 19.3 Å². The van der Waals surface area contributed by atoms with E-state index in [9.17, 15) is 22.8 Å². The number of rotatable bonds is 7. The first-order valence-electron chi connectivity index (χ1n) is 10.8. The molecule has 1 heterocycles. The molecule has 0 aliphatic carbocycles. The van der Waals surface area contributed by atoms with Crippen molar-refractivity contribution in [1.29, 1.82) is 0 Å². The maximum Gasteiger partial charge on any atom is 0.339 e. The van der Waals surface area contributed by atoms with Crippen LogP contribution in [-0.2, 0) is 26.3 Å². The molecule has 0 unspecified atom stereocenters. The molecule has 3 aromatic carbocycles. The molecule has 0 radical (unpaired) electrons. The molecule has 3 amide bonds. The van der Waals surface area contributed by atoms with E-state index in [4.69, 9.17) is 4.18 Å². The molecule has 0 saturated carbocycles. The van der Waals surface area contributed by atoms with Crippen molar-refractivity contribution >= 4 is 50.7 Å². The van der Waals surface area contributed by atoms with E-state index in [2.05, 4.69) is 5.32 Å². The average molecular weight is 523 g/mol. The summed E-state index contributed by atoms with van der Waals surface area (Å²) in [6.07, 6.45) is 1.53. The van der Waals surface area contributed by atoms with Gasteiger partial charge in [0, 0.05) is 12.6 Å². The quantitative estimate of drug-likeness (QED) is 0.345. The predicted molar refractivity (Wildman–Crippen MR) is 138 cm³/mol. The molecule has 10 heteroatoms. The fourth-order valence-electron chi connectivity index (χ4n) is 3.52. The second kappa shape index (κ2) is 10.4. The standard InChI is InChI=1S/C26H22N2O6S2/c1-17-5-3-7-20(13-17)16-28-25(30)24(35-26(28)31)15-19-6-4-8-22(14-19)34-36(32,33)23-11-9-21(10-12-23)27-18(2)29/h3-15H,16H2,1-2H3,(H,27,29)/b24-15-. The number of hydrogen-bond acceptors (Lipinski definition) is 7. The molecule has 0 aromatic heterocycles. The van der Waals surface area contributed by atoms with E-state index in [-0.39, 0.29) is 33.2 Å². The number of carbonyl (C=O) groups is 3. The Bertz CT molecular complexity index is 1480. The van der Waals surface area contributed by atoms with Gasteiger partial charge in [0.15, 0.2) is 0 Å². The summed E-state index contributed by atoms with van der Waals surface area (Å²) in [7, 11) is -4.14. The SMILES string of the molecule is CC(=O)Nc1ccc(S(=O)(=O)Oc2cccc(/C=C3\SC(=O)N(Cc4cccc(C)c4)C3=O)c2)cc1. The van der Waals surface area contributed by atoms with Crippen molar-refractivity contribution in [2.45, 2.75) is 25.3 Å². The van der Waals surface area contributed by atoms with Crippen molar-refractivity contribution < 1.29 is 27.0 Å². The number of hydrogen-bond donors (Lipinski definition) is 1. The van der Waals surface area contributed by atoms with Gasteiger partial charge >= 0.3 is 10.1 Å². The van der Waals surface area contributed by atoms with Crippen LogP contribution in [0.1, 0.15) is 23.6 Å². The second-order valence-electron chi connectivity index (χ2n) is 8.07. The van der Waals surface area contributed by atoms with Gasteiger partial charge in [-0.2, -0.15) is 8.42 Å². The van der Waals surface area contributed by atoms with Gasteiger partial charge in [0.05, 0.1) is 11.4 Å².